The van der Waals surface area contributed by atoms with Gasteiger partial charge in [-0.1, -0.05) is 12.1 Å². The Morgan fingerprint density at radius 3 is 2.75 bits per heavy atom. The monoisotopic (exact) mass is 385 g/mol. The standard InChI is InChI=1S/C21H28FN5O/c1-13-14(2)24-19(21(28)26(4)5)25-20(13)27-10-9-18(12-27)23-15(3)16-7-6-8-17(22)11-16/h6-8,11,15,18,23H,9-10,12H2,1-5H3/t15?,18-/m1/s1. The average molecular weight is 385 g/mol. The maximum atomic E-state index is 13.5. The van der Waals surface area contributed by atoms with Gasteiger partial charge in [0.15, 0.2) is 0 Å². The molecule has 1 saturated heterocycles. The van der Waals surface area contributed by atoms with Crippen LogP contribution in [-0.4, -0.2) is 54.0 Å². The van der Waals surface area contributed by atoms with Crippen molar-refractivity contribution in [2.24, 2.45) is 0 Å². The molecule has 1 aliphatic rings. The van der Waals surface area contributed by atoms with E-state index in [1.165, 1.54) is 11.0 Å². The van der Waals surface area contributed by atoms with Crippen molar-refractivity contribution in [2.45, 2.75) is 39.3 Å². The molecule has 0 saturated carbocycles. The quantitative estimate of drug-likeness (QED) is 0.858. The molecule has 1 N–H and O–H groups in total. The van der Waals surface area contributed by atoms with Gasteiger partial charge in [-0.05, 0) is 44.9 Å². The van der Waals surface area contributed by atoms with Crippen molar-refractivity contribution in [3.63, 3.8) is 0 Å². The molecule has 0 spiro atoms. The number of nitrogens with zero attached hydrogens (tertiary/aromatic N) is 4. The number of aromatic nitrogens is 2. The lowest BCUT2D eigenvalue weighted by molar-refractivity contribution is 0.0815. The number of carbonyl (C=O) groups is 1. The number of benzene rings is 1. The Labute approximate surface area is 165 Å². The fourth-order valence-electron chi connectivity index (χ4n) is 3.53. The van der Waals surface area contributed by atoms with Crippen molar-refractivity contribution in [3.05, 3.63) is 52.7 Å². The van der Waals surface area contributed by atoms with Crippen molar-refractivity contribution >= 4 is 11.7 Å². The van der Waals surface area contributed by atoms with Gasteiger partial charge in [0.1, 0.15) is 11.6 Å². The minimum atomic E-state index is -0.218. The lowest BCUT2D eigenvalue weighted by Crippen LogP contribution is -2.35. The van der Waals surface area contributed by atoms with E-state index < -0.39 is 0 Å². The largest absolute Gasteiger partial charge is 0.355 e. The summed E-state index contributed by atoms with van der Waals surface area (Å²) in [5.74, 6) is 0.635. The van der Waals surface area contributed by atoms with Gasteiger partial charge in [0.25, 0.3) is 5.91 Å². The first-order valence-electron chi connectivity index (χ1n) is 9.59. The van der Waals surface area contributed by atoms with Crippen LogP contribution in [0.2, 0.25) is 0 Å². The number of hydrogen-bond acceptors (Lipinski definition) is 5. The Bertz CT molecular complexity index is 870. The number of halogens is 1. The highest BCUT2D eigenvalue weighted by molar-refractivity contribution is 5.90. The zero-order valence-electron chi connectivity index (χ0n) is 17.2. The molecule has 0 bridgehead atoms. The van der Waals surface area contributed by atoms with Crippen molar-refractivity contribution in [1.82, 2.24) is 20.2 Å². The van der Waals surface area contributed by atoms with Crippen LogP contribution in [0.4, 0.5) is 10.2 Å². The molecule has 1 fully saturated rings. The summed E-state index contributed by atoms with van der Waals surface area (Å²) in [6, 6.07) is 7.02. The second-order valence-corrected chi connectivity index (χ2v) is 7.66. The molecule has 1 amide bonds. The third-order valence-electron chi connectivity index (χ3n) is 5.28. The summed E-state index contributed by atoms with van der Waals surface area (Å²) in [6.45, 7) is 7.58. The van der Waals surface area contributed by atoms with E-state index in [0.717, 1.165) is 42.1 Å². The molecule has 1 aromatic carbocycles. The van der Waals surface area contributed by atoms with Gasteiger partial charge in [-0.25, -0.2) is 14.4 Å². The minimum Gasteiger partial charge on any atom is -0.355 e. The van der Waals surface area contributed by atoms with Gasteiger partial charge in [0.2, 0.25) is 5.82 Å². The van der Waals surface area contributed by atoms with Crippen molar-refractivity contribution in [1.29, 1.82) is 0 Å². The molecular weight excluding hydrogens is 357 g/mol. The Morgan fingerprint density at radius 2 is 2.07 bits per heavy atom. The molecule has 2 atom stereocenters. The highest BCUT2D eigenvalue weighted by atomic mass is 19.1. The minimum absolute atomic E-state index is 0.0553. The number of anilines is 1. The van der Waals surface area contributed by atoms with Crippen LogP contribution in [-0.2, 0) is 0 Å². The SMILES string of the molecule is Cc1nc(C(=O)N(C)C)nc(N2CC[C@@H](NC(C)c3cccc(F)c3)C2)c1C. The zero-order valence-corrected chi connectivity index (χ0v) is 17.2. The normalized spacial score (nSPS) is 17.6. The average Bonchev–Trinajstić information content (AvgIpc) is 3.11. The molecule has 0 radical (unpaired) electrons. The van der Waals surface area contributed by atoms with Gasteiger partial charge in [0.05, 0.1) is 0 Å². The van der Waals surface area contributed by atoms with Crippen LogP contribution < -0.4 is 10.2 Å². The van der Waals surface area contributed by atoms with Gasteiger partial charge in [0, 0.05) is 50.5 Å². The first-order valence-corrected chi connectivity index (χ1v) is 9.59. The summed E-state index contributed by atoms with van der Waals surface area (Å²) in [7, 11) is 3.40. The number of carbonyl (C=O) groups excluding carboxylic acids is 1. The van der Waals surface area contributed by atoms with E-state index in [0.29, 0.717) is 0 Å². The third kappa shape index (κ3) is 4.30. The molecular formula is C21H28FN5O. The van der Waals surface area contributed by atoms with Gasteiger partial charge in [-0.2, -0.15) is 0 Å². The summed E-state index contributed by atoms with van der Waals surface area (Å²) in [5, 5.41) is 3.58. The molecule has 1 aliphatic heterocycles. The third-order valence-corrected chi connectivity index (χ3v) is 5.28. The summed E-state index contributed by atoms with van der Waals surface area (Å²) >= 11 is 0. The summed E-state index contributed by atoms with van der Waals surface area (Å²) in [6.07, 6.45) is 0.957. The molecule has 2 heterocycles. The maximum Gasteiger partial charge on any atom is 0.291 e. The van der Waals surface area contributed by atoms with Crippen LogP contribution in [0.5, 0.6) is 0 Å². The molecule has 0 aliphatic carbocycles. The van der Waals surface area contributed by atoms with Gasteiger partial charge in [-0.15, -0.1) is 0 Å². The Morgan fingerprint density at radius 1 is 1.32 bits per heavy atom. The van der Waals surface area contributed by atoms with Crippen LogP contribution in [0.25, 0.3) is 0 Å². The van der Waals surface area contributed by atoms with Crippen molar-refractivity contribution in [3.8, 4) is 0 Å². The smallest absolute Gasteiger partial charge is 0.291 e. The van der Waals surface area contributed by atoms with Crippen molar-refractivity contribution in [2.75, 3.05) is 32.1 Å². The van der Waals surface area contributed by atoms with E-state index in [2.05, 4.69) is 20.2 Å². The highest BCUT2D eigenvalue weighted by Gasteiger charge is 2.27. The van der Waals surface area contributed by atoms with E-state index in [-0.39, 0.29) is 29.6 Å². The number of aryl methyl sites for hydroxylation is 1. The number of hydrogen-bond donors (Lipinski definition) is 1. The summed E-state index contributed by atoms with van der Waals surface area (Å²) < 4.78 is 13.5. The maximum absolute atomic E-state index is 13.5. The molecule has 7 heteroatoms. The van der Waals surface area contributed by atoms with Crippen LogP contribution >= 0.6 is 0 Å². The van der Waals surface area contributed by atoms with Crippen LogP contribution in [0.3, 0.4) is 0 Å². The first kappa shape index (κ1) is 20.2. The molecule has 1 aromatic heterocycles. The molecule has 6 nitrogen and oxygen atoms in total. The van der Waals surface area contributed by atoms with Crippen molar-refractivity contribution < 1.29 is 9.18 Å². The predicted molar refractivity (Wildman–Crippen MR) is 108 cm³/mol. The lowest BCUT2D eigenvalue weighted by Gasteiger charge is -2.23. The fraction of sp³-hybridized carbons (Fsp3) is 0.476. The fourth-order valence-corrected chi connectivity index (χ4v) is 3.53. The molecule has 3 rings (SSSR count). The topological polar surface area (TPSA) is 61.4 Å². The van der Waals surface area contributed by atoms with E-state index >= 15 is 0 Å². The molecule has 150 valence electrons. The Hall–Kier alpha value is -2.54. The zero-order chi connectivity index (χ0) is 20.4. The Kier molecular flexibility index (Phi) is 5.93. The van der Waals surface area contributed by atoms with E-state index in [9.17, 15) is 9.18 Å². The predicted octanol–water partition coefficient (Wildman–Crippen LogP) is 2.86. The number of amides is 1. The van der Waals surface area contributed by atoms with Gasteiger partial charge in [-0.3, -0.25) is 4.79 Å². The van der Waals surface area contributed by atoms with Crippen LogP contribution in [0.1, 0.15) is 46.8 Å². The summed E-state index contributed by atoms with van der Waals surface area (Å²) in [5.41, 5.74) is 2.75. The van der Waals surface area contributed by atoms with Crippen LogP contribution in [0, 0.1) is 19.7 Å². The Balaban J connectivity index is 1.73. The van der Waals surface area contributed by atoms with Gasteiger partial charge < -0.3 is 15.1 Å². The second-order valence-electron chi connectivity index (χ2n) is 7.66. The molecule has 1 unspecified atom stereocenters. The summed E-state index contributed by atoms with van der Waals surface area (Å²) in [4.78, 5) is 24.9. The molecule has 28 heavy (non-hydrogen) atoms. The van der Waals surface area contributed by atoms with E-state index in [1.54, 1.807) is 26.2 Å². The van der Waals surface area contributed by atoms with E-state index in [1.807, 2.05) is 26.8 Å². The number of rotatable bonds is 5. The molecule has 2 aromatic rings. The van der Waals surface area contributed by atoms with Gasteiger partial charge >= 0.3 is 0 Å². The second kappa shape index (κ2) is 8.22. The highest BCUT2D eigenvalue weighted by Crippen LogP contribution is 2.25. The lowest BCUT2D eigenvalue weighted by atomic mass is 10.1. The number of nitrogens with one attached hydrogen (secondary N) is 1. The van der Waals surface area contributed by atoms with E-state index in [4.69, 9.17) is 0 Å². The first-order chi connectivity index (χ1) is 13.3. The van der Waals surface area contributed by atoms with Crippen LogP contribution in [0.15, 0.2) is 24.3 Å².